The SMILES string of the molecule is CC(=O)OC[C@@H]1[C@H](CO)[C@@H]2O[C@H]1c1cc3c(cc12)OCO3. The molecule has 1 aromatic carbocycles. The predicted octanol–water partition coefficient (Wildman–Crippen LogP) is 1.33. The second kappa shape index (κ2) is 4.61. The molecule has 6 heteroatoms. The molecule has 2 bridgehead atoms. The fraction of sp³-hybridized carbons (Fsp3) is 0.533. The number of aliphatic hydroxyl groups excluding tert-OH is 1. The third kappa shape index (κ3) is 1.82. The van der Waals surface area contributed by atoms with Crippen LogP contribution < -0.4 is 9.47 Å². The van der Waals surface area contributed by atoms with Crippen LogP contribution >= 0.6 is 0 Å². The van der Waals surface area contributed by atoms with Crippen LogP contribution in [0.2, 0.25) is 0 Å². The first-order valence-corrected chi connectivity index (χ1v) is 7.02. The van der Waals surface area contributed by atoms with E-state index in [0.717, 1.165) is 22.6 Å². The van der Waals surface area contributed by atoms with E-state index in [1.165, 1.54) is 6.92 Å². The van der Waals surface area contributed by atoms with Crippen LogP contribution in [0.3, 0.4) is 0 Å². The van der Waals surface area contributed by atoms with Crippen LogP contribution in [0.5, 0.6) is 11.5 Å². The van der Waals surface area contributed by atoms with Crippen molar-refractivity contribution in [3.63, 3.8) is 0 Å². The van der Waals surface area contributed by atoms with Crippen LogP contribution in [0.25, 0.3) is 0 Å². The zero-order chi connectivity index (χ0) is 14.6. The highest BCUT2D eigenvalue weighted by atomic mass is 16.7. The van der Waals surface area contributed by atoms with Crippen molar-refractivity contribution in [1.82, 2.24) is 0 Å². The van der Waals surface area contributed by atoms with Crippen LogP contribution in [0.15, 0.2) is 12.1 Å². The fourth-order valence-electron chi connectivity index (χ4n) is 3.54. The molecule has 1 fully saturated rings. The summed E-state index contributed by atoms with van der Waals surface area (Å²) in [5, 5.41) is 9.67. The summed E-state index contributed by atoms with van der Waals surface area (Å²) >= 11 is 0. The van der Waals surface area contributed by atoms with Crippen molar-refractivity contribution in [3.8, 4) is 11.5 Å². The zero-order valence-corrected chi connectivity index (χ0v) is 11.6. The van der Waals surface area contributed by atoms with Gasteiger partial charge in [-0.1, -0.05) is 0 Å². The van der Waals surface area contributed by atoms with Crippen molar-refractivity contribution < 1.29 is 28.8 Å². The molecule has 0 amide bonds. The minimum atomic E-state index is -0.319. The normalized spacial score (nSPS) is 31.3. The molecular formula is C15H16O6. The van der Waals surface area contributed by atoms with E-state index in [1.54, 1.807) is 0 Å². The third-order valence-corrected chi connectivity index (χ3v) is 4.50. The van der Waals surface area contributed by atoms with E-state index >= 15 is 0 Å². The van der Waals surface area contributed by atoms with Gasteiger partial charge < -0.3 is 24.1 Å². The lowest BCUT2D eigenvalue weighted by Gasteiger charge is -2.27. The minimum Gasteiger partial charge on any atom is -0.465 e. The standard InChI is InChI=1S/C15H16O6/c1-7(17)18-5-11-10(4-16)14-8-2-12-13(20-6-19-12)3-9(8)15(11)21-14/h2-3,10-11,14-16H,4-6H2,1H3/t10-,11+,14+,15-/m0/s1. The highest BCUT2D eigenvalue weighted by Crippen LogP contribution is 2.59. The van der Waals surface area contributed by atoms with Gasteiger partial charge in [-0.3, -0.25) is 4.79 Å². The van der Waals surface area contributed by atoms with Gasteiger partial charge in [0.2, 0.25) is 6.79 Å². The van der Waals surface area contributed by atoms with Gasteiger partial charge in [0.25, 0.3) is 0 Å². The van der Waals surface area contributed by atoms with Gasteiger partial charge in [0.15, 0.2) is 11.5 Å². The molecular weight excluding hydrogens is 276 g/mol. The van der Waals surface area contributed by atoms with Gasteiger partial charge >= 0.3 is 5.97 Å². The quantitative estimate of drug-likeness (QED) is 0.847. The molecule has 112 valence electrons. The van der Waals surface area contributed by atoms with Crippen molar-refractivity contribution in [2.45, 2.75) is 19.1 Å². The highest BCUT2D eigenvalue weighted by molar-refractivity contribution is 5.66. The fourth-order valence-corrected chi connectivity index (χ4v) is 3.54. The van der Waals surface area contributed by atoms with Crippen LogP contribution in [0.1, 0.15) is 30.3 Å². The molecule has 0 aromatic heterocycles. The van der Waals surface area contributed by atoms with Crippen LogP contribution in [-0.2, 0) is 14.3 Å². The number of benzene rings is 1. The lowest BCUT2D eigenvalue weighted by molar-refractivity contribution is -0.143. The largest absolute Gasteiger partial charge is 0.465 e. The second-order valence-corrected chi connectivity index (χ2v) is 5.62. The van der Waals surface area contributed by atoms with E-state index in [1.807, 2.05) is 12.1 Å². The molecule has 4 rings (SSSR count). The molecule has 4 atom stereocenters. The maximum Gasteiger partial charge on any atom is 0.302 e. The average Bonchev–Trinajstić information content (AvgIpc) is 3.14. The van der Waals surface area contributed by atoms with E-state index in [9.17, 15) is 9.90 Å². The first-order valence-electron chi connectivity index (χ1n) is 7.02. The van der Waals surface area contributed by atoms with Crippen molar-refractivity contribution in [2.75, 3.05) is 20.0 Å². The molecule has 3 aliphatic heterocycles. The monoisotopic (exact) mass is 292 g/mol. The Bertz CT molecular complexity index is 598. The van der Waals surface area contributed by atoms with Crippen LogP contribution in [0, 0.1) is 11.8 Å². The van der Waals surface area contributed by atoms with Gasteiger partial charge in [-0.2, -0.15) is 0 Å². The van der Waals surface area contributed by atoms with Gasteiger partial charge in [0.1, 0.15) is 0 Å². The number of ether oxygens (including phenoxy) is 4. The van der Waals surface area contributed by atoms with Crippen molar-refractivity contribution in [3.05, 3.63) is 23.3 Å². The first kappa shape index (κ1) is 12.9. The van der Waals surface area contributed by atoms with E-state index in [0.29, 0.717) is 0 Å². The summed E-state index contributed by atoms with van der Waals surface area (Å²) in [6, 6.07) is 3.88. The molecule has 0 unspecified atom stereocenters. The Morgan fingerprint density at radius 1 is 1.24 bits per heavy atom. The topological polar surface area (TPSA) is 74.2 Å². The molecule has 1 aromatic rings. The molecule has 6 nitrogen and oxygen atoms in total. The van der Waals surface area contributed by atoms with Gasteiger partial charge in [-0.15, -0.1) is 0 Å². The smallest absolute Gasteiger partial charge is 0.302 e. The minimum absolute atomic E-state index is 0.000972. The summed E-state index contributed by atoms with van der Waals surface area (Å²) in [4.78, 5) is 11.0. The maximum absolute atomic E-state index is 11.0. The number of rotatable bonds is 3. The van der Waals surface area contributed by atoms with Gasteiger partial charge in [-0.25, -0.2) is 0 Å². The first-order chi connectivity index (χ1) is 10.2. The molecule has 0 saturated carbocycles. The van der Waals surface area contributed by atoms with Crippen molar-refractivity contribution in [1.29, 1.82) is 0 Å². The van der Waals surface area contributed by atoms with Gasteiger partial charge in [-0.05, 0) is 23.3 Å². The van der Waals surface area contributed by atoms with E-state index in [4.69, 9.17) is 18.9 Å². The van der Waals surface area contributed by atoms with Crippen LogP contribution in [0.4, 0.5) is 0 Å². The number of hydrogen-bond donors (Lipinski definition) is 1. The van der Waals surface area contributed by atoms with Crippen molar-refractivity contribution in [2.24, 2.45) is 11.8 Å². The van der Waals surface area contributed by atoms with Crippen molar-refractivity contribution >= 4 is 5.97 Å². The van der Waals surface area contributed by atoms with Gasteiger partial charge in [0.05, 0.1) is 18.8 Å². The summed E-state index contributed by atoms with van der Waals surface area (Å²) in [5.74, 6) is 1.02. The van der Waals surface area contributed by atoms with E-state index in [-0.39, 0.29) is 50.0 Å². The number of fused-ring (bicyclic) bond motifs is 6. The van der Waals surface area contributed by atoms with Gasteiger partial charge in [0, 0.05) is 25.4 Å². The molecule has 0 aliphatic carbocycles. The average molecular weight is 292 g/mol. The Hall–Kier alpha value is -1.79. The summed E-state index contributed by atoms with van der Waals surface area (Å²) in [6.45, 7) is 1.87. The Labute approximate surface area is 121 Å². The Balaban J connectivity index is 1.68. The maximum atomic E-state index is 11.0. The lowest BCUT2D eigenvalue weighted by atomic mass is 9.76. The summed E-state index contributed by atoms with van der Waals surface area (Å²) in [6.07, 6.45) is -0.346. The molecule has 3 aliphatic rings. The molecule has 0 spiro atoms. The van der Waals surface area contributed by atoms with E-state index in [2.05, 4.69) is 0 Å². The summed E-state index contributed by atoms with van der Waals surface area (Å²) < 4.78 is 21.9. The molecule has 21 heavy (non-hydrogen) atoms. The molecule has 0 radical (unpaired) electrons. The third-order valence-electron chi connectivity index (χ3n) is 4.50. The predicted molar refractivity (Wildman–Crippen MR) is 69.8 cm³/mol. The molecule has 1 saturated heterocycles. The van der Waals surface area contributed by atoms with E-state index < -0.39 is 0 Å². The summed E-state index contributed by atoms with van der Waals surface area (Å²) in [7, 11) is 0. The number of esters is 1. The number of hydrogen-bond acceptors (Lipinski definition) is 6. The number of carbonyl (C=O) groups excluding carboxylic acids is 1. The van der Waals surface area contributed by atoms with Crippen LogP contribution in [-0.4, -0.2) is 31.1 Å². The Kier molecular flexibility index (Phi) is 2.83. The number of carbonyl (C=O) groups is 1. The molecule has 1 N–H and O–H groups in total. The Morgan fingerprint density at radius 3 is 2.43 bits per heavy atom. The summed E-state index contributed by atoms with van der Waals surface area (Å²) in [5.41, 5.74) is 2.09. The second-order valence-electron chi connectivity index (χ2n) is 5.62. The highest BCUT2D eigenvalue weighted by Gasteiger charge is 2.53. The molecule has 3 heterocycles. The number of aliphatic hydroxyl groups is 1. The lowest BCUT2D eigenvalue weighted by Crippen LogP contribution is -2.29. The Morgan fingerprint density at radius 2 is 1.86 bits per heavy atom. The zero-order valence-electron chi connectivity index (χ0n) is 11.6.